The molecule has 0 bridgehead atoms. The molecule has 2 aromatic carbocycles. The maximum Gasteiger partial charge on any atom is 0.324 e. The summed E-state index contributed by atoms with van der Waals surface area (Å²) in [6.45, 7) is 4.22. The largest absolute Gasteiger partial charge is 0.328 e. The maximum absolute atomic E-state index is 11.0. The van der Waals surface area contributed by atoms with Gasteiger partial charge in [0.25, 0.3) is 0 Å². The van der Waals surface area contributed by atoms with Crippen LogP contribution in [0.2, 0.25) is 0 Å². The summed E-state index contributed by atoms with van der Waals surface area (Å²) in [6.07, 6.45) is 5.98. The van der Waals surface area contributed by atoms with Crippen LogP contribution in [0.3, 0.4) is 0 Å². The number of unbranched alkanes of at least 4 members (excludes halogenated alkanes) is 3. The van der Waals surface area contributed by atoms with Crippen LogP contribution in [0.5, 0.6) is 0 Å². The molecular formula is C20H32O6P2. The molecule has 158 valence electrons. The van der Waals surface area contributed by atoms with Crippen molar-refractivity contribution in [3.63, 3.8) is 0 Å². The van der Waals surface area contributed by atoms with E-state index in [0.29, 0.717) is 5.30 Å². The fraction of sp³-hybridized carbons (Fsp3) is 0.400. The van der Waals surface area contributed by atoms with Crippen LogP contribution >= 0.6 is 15.9 Å². The van der Waals surface area contributed by atoms with Crippen molar-refractivity contribution in [2.24, 2.45) is 0 Å². The molecule has 2 rings (SSSR count). The number of benzene rings is 2. The average molecular weight is 430 g/mol. The van der Waals surface area contributed by atoms with Gasteiger partial charge in [0.2, 0.25) is 0 Å². The quantitative estimate of drug-likeness (QED) is 0.283. The Morgan fingerprint density at radius 1 is 0.786 bits per heavy atom. The Labute approximate surface area is 168 Å². The van der Waals surface area contributed by atoms with Crippen molar-refractivity contribution in [3.8, 4) is 0 Å². The van der Waals surface area contributed by atoms with Gasteiger partial charge in [0.1, 0.15) is 0 Å². The van der Waals surface area contributed by atoms with Crippen molar-refractivity contribution in [2.45, 2.75) is 52.4 Å². The predicted molar refractivity (Wildman–Crippen MR) is 117 cm³/mol. The summed E-state index contributed by atoms with van der Waals surface area (Å²) < 4.78 is 0. The minimum atomic E-state index is -5.11. The fourth-order valence-electron chi connectivity index (χ4n) is 3.20. The summed E-state index contributed by atoms with van der Waals surface area (Å²) in [4.78, 5) is 54.6. The monoisotopic (exact) mass is 430 g/mol. The third-order valence-electron chi connectivity index (χ3n) is 4.58. The molecule has 0 aliphatic carbocycles. The Morgan fingerprint density at radius 3 is 1.93 bits per heavy atom. The third kappa shape index (κ3) is 7.14. The maximum atomic E-state index is 11.0. The first kappa shape index (κ1) is 25.1. The van der Waals surface area contributed by atoms with Gasteiger partial charge in [0.15, 0.2) is 0 Å². The van der Waals surface area contributed by atoms with E-state index in [0.717, 1.165) is 43.2 Å². The van der Waals surface area contributed by atoms with E-state index >= 15 is 0 Å². The summed E-state index contributed by atoms with van der Waals surface area (Å²) in [5.41, 5.74) is 1.97. The van der Waals surface area contributed by atoms with E-state index in [2.05, 4.69) is 13.8 Å². The van der Waals surface area contributed by atoms with Gasteiger partial charge in [0, 0.05) is 0 Å². The van der Waals surface area contributed by atoms with Crippen molar-refractivity contribution in [2.75, 3.05) is 0 Å². The zero-order valence-electron chi connectivity index (χ0n) is 16.4. The number of hydrogen-bond donors (Lipinski definition) is 6. The van der Waals surface area contributed by atoms with Crippen LogP contribution in [0.1, 0.15) is 50.7 Å². The minimum Gasteiger partial charge on any atom is -0.328 e. The molecule has 0 unspecified atom stereocenters. The Kier molecular flexibility index (Phi) is 10.1. The third-order valence-corrected chi connectivity index (χ3v) is 7.14. The molecule has 0 amide bonds. The molecule has 0 aliphatic rings. The van der Waals surface area contributed by atoms with Gasteiger partial charge in [-0.1, -0.05) is 0 Å². The molecule has 0 atom stereocenters. The summed E-state index contributed by atoms with van der Waals surface area (Å²) in [5, 5.41) is 0.481. The molecule has 6 nitrogen and oxygen atoms in total. The summed E-state index contributed by atoms with van der Waals surface area (Å²) in [6, 6.07) is 13.9. The minimum absolute atomic E-state index is 0.187. The molecular weight excluding hydrogens is 398 g/mol. The molecule has 0 spiro atoms. The fourth-order valence-corrected chi connectivity index (χ4v) is 5.31. The normalized spacial score (nSPS) is 12.8. The molecule has 8 heteroatoms. The first-order chi connectivity index (χ1) is 13.1. The van der Waals surface area contributed by atoms with Crippen LogP contribution in [0.15, 0.2) is 48.5 Å². The molecule has 0 heterocycles. The Bertz CT molecular complexity index is 711. The molecule has 0 saturated carbocycles. The van der Waals surface area contributed by atoms with E-state index in [1.54, 1.807) is 42.5 Å². The second-order valence-corrected chi connectivity index (χ2v) is 10.2. The SMILES string of the molecule is CCCCCCc1c(CC)cccc1P(O)(O)(O)c1ccccc1.OP(O)O. The standard InChI is InChI=1S/C20H29O3P.H3O3P/c1-3-5-6-10-15-19-17(4-2)12-11-16-20(19)24(21,22,23)18-13-8-7-9-14-18;1-4(2)3/h7-9,11-14,16,21-23H,3-6,10,15H2,1-2H3;1-3H. The Balaban J connectivity index is 0.000000892. The van der Waals surface area contributed by atoms with E-state index in [9.17, 15) is 14.7 Å². The van der Waals surface area contributed by atoms with Gasteiger partial charge in [-0.25, -0.2) is 0 Å². The topological polar surface area (TPSA) is 121 Å². The van der Waals surface area contributed by atoms with Gasteiger partial charge in [-0.05, 0) is 0 Å². The van der Waals surface area contributed by atoms with E-state index in [1.165, 1.54) is 6.42 Å². The second kappa shape index (κ2) is 11.3. The van der Waals surface area contributed by atoms with Gasteiger partial charge < -0.3 is 14.7 Å². The number of aryl methyl sites for hydroxylation is 1. The van der Waals surface area contributed by atoms with E-state index < -0.39 is 15.9 Å². The van der Waals surface area contributed by atoms with Gasteiger partial charge in [-0.15, -0.1) is 0 Å². The smallest absolute Gasteiger partial charge is 0.324 e. The van der Waals surface area contributed by atoms with Crippen LogP contribution in [0, 0.1) is 0 Å². The van der Waals surface area contributed by atoms with Crippen molar-refractivity contribution < 1.29 is 29.4 Å². The van der Waals surface area contributed by atoms with Crippen LogP contribution in [-0.4, -0.2) is 29.4 Å². The number of rotatable bonds is 8. The predicted octanol–water partition coefficient (Wildman–Crippen LogP) is 2.79. The number of hydrogen-bond acceptors (Lipinski definition) is 6. The zero-order chi connectivity index (χ0) is 21.2. The average Bonchev–Trinajstić information content (AvgIpc) is 2.65. The van der Waals surface area contributed by atoms with E-state index in [4.69, 9.17) is 14.7 Å². The summed E-state index contributed by atoms with van der Waals surface area (Å²) in [5.74, 6) is 0. The molecule has 28 heavy (non-hydrogen) atoms. The summed E-state index contributed by atoms with van der Waals surface area (Å²) in [7, 11) is -7.73. The Hall–Kier alpha value is -0.940. The molecule has 2 aromatic rings. The van der Waals surface area contributed by atoms with Crippen LogP contribution < -0.4 is 10.6 Å². The van der Waals surface area contributed by atoms with Crippen LogP contribution in [0.4, 0.5) is 0 Å². The molecule has 0 aromatic heterocycles. The van der Waals surface area contributed by atoms with E-state index in [1.807, 2.05) is 6.07 Å². The van der Waals surface area contributed by atoms with Crippen LogP contribution in [0.25, 0.3) is 0 Å². The molecule has 0 fully saturated rings. The summed E-state index contributed by atoms with van der Waals surface area (Å²) >= 11 is 0. The van der Waals surface area contributed by atoms with Crippen molar-refractivity contribution in [1.29, 1.82) is 0 Å². The Morgan fingerprint density at radius 2 is 1.39 bits per heavy atom. The van der Waals surface area contributed by atoms with Gasteiger partial charge in [-0.2, -0.15) is 0 Å². The second-order valence-electron chi connectivity index (χ2n) is 6.66. The van der Waals surface area contributed by atoms with E-state index in [-0.39, 0.29) is 5.30 Å². The zero-order valence-corrected chi connectivity index (χ0v) is 18.2. The molecule has 0 saturated heterocycles. The van der Waals surface area contributed by atoms with Crippen molar-refractivity contribution >= 4 is 26.5 Å². The van der Waals surface area contributed by atoms with Crippen molar-refractivity contribution in [1.82, 2.24) is 0 Å². The first-order valence-corrected chi connectivity index (χ1v) is 12.7. The molecule has 6 N–H and O–H groups in total. The molecule has 0 aliphatic heterocycles. The van der Waals surface area contributed by atoms with Gasteiger partial charge >= 0.3 is 153 Å². The van der Waals surface area contributed by atoms with Crippen LogP contribution in [-0.2, 0) is 12.8 Å². The molecule has 0 radical (unpaired) electrons. The van der Waals surface area contributed by atoms with Gasteiger partial charge in [0.05, 0.1) is 0 Å². The van der Waals surface area contributed by atoms with Gasteiger partial charge in [-0.3, -0.25) is 0 Å². The van der Waals surface area contributed by atoms with Crippen molar-refractivity contribution in [3.05, 3.63) is 59.7 Å². The first-order valence-electron chi connectivity index (χ1n) is 9.42.